The molecular weight excluding hydrogens is 230 g/mol. The van der Waals surface area contributed by atoms with E-state index < -0.39 is 0 Å². The molecule has 3 rings (SSSR count). The highest BCUT2D eigenvalue weighted by Crippen LogP contribution is 2.62. The molecule has 0 bridgehead atoms. The first-order valence-corrected chi connectivity index (χ1v) is 6.98. The lowest BCUT2D eigenvalue weighted by Gasteiger charge is -2.06. The second-order valence-electron chi connectivity index (χ2n) is 5.46. The minimum absolute atomic E-state index is 0.271. The Balaban J connectivity index is 1.56. The molecule has 0 radical (unpaired) electrons. The van der Waals surface area contributed by atoms with Gasteiger partial charge < -0.3 is 15.0 Å². The Bertz CT molecular complexity index is 397. The van der Waals surface area contributed by atoms with E-state index in [9.17, 15) is 0 Å². The van der Waals surface area contributed by atoms with Crippen molar-refractivity contribution in [2.24, 2.45) is 17.6 Å². The van der Waals surface area contributed by atoms with Gasteiger partial charge in [-0.05, 0) is 31.1 Å². The third-order valence-electron chi connectivity index (χ3n) is 4.13. The predicted octanol–water partition coefficient (Wildman–Crippen LogP) is 2.01. The molecule has 0 saturated heterocycles. The van der Waals surface area contributed by atoms with Crippen molar-refractivity contribution in [2.45, 2.75) is 44.6 Å². The molecule has 1 aromatic rings. The van der Waals surface area contributed by atoms with Crippen LogP contribution in [0.1, 0.15) is 56.3 Å². The van der Waals surface area contributed by atoms with Crippen molar-refractivity contribution in [2.75, 3.05) is 13.2 Å². The number of aromatic nitrogens is 2. The molecule has 2 aliphatic rings. The van der Waals surface area contributed by atoms with E-state index in [0.717, 1.165) is 30.8 Å². The summed E-state index contributed by atoms with van der Waals surface area (Å²) in [5.41, 5.74) is 5.98. The molecule has 2 N–H and O–H groups in total. The van der Waals surface area contributed by atoms with Crippen LogP contribution < -0.4 is 5.73 Å². The average molecular weight is 251 g/mol. The fourth-order valence-corrected chi connectivity index (χ4v) is 3.15. The van der Waals surface area contributed by atoms with Crippen LogP contribution in [-0.2, 0) is 4.74 Å². The quantitative estimate of drug-likeness (QED) is 0.783. The molecule has 2 aliphatic carbocycles. The van der Waals surface area contributed by atoms with Crippen molar-refractivity contribution in [3.8, 4) is 0 Å². The topological polar surface area (TPSA) is 74.2 Å². The lowest BCUT2D eigenvalue weighted by Crippen LogP contribution is -2.18. The summed E-state index contributed by atoms with van der Waals surface area (Å²) in [5, 5.41) is 3.99. The van der Waals surface area contributed by atoms with Gasteiger partial charge in [0.1, 0.15) is 0 Å². The summed E-state index contributed by atoms with van der Waals surface area (Å²) >= 11 is 0. The third-order valence-corrected chi connectivity index (χ3v) is 4.13. The van der Waals surface area contributed by atoms with Gasteiger partial charge >= 0.3 is 0 Å². The molecular formula is C13H21N3O2. The molecule has 5 heteroatoms. The zero-order valence-corrected chi connectivity index (χ0v) is 10.8. The van der Waals surface area contributed by atoms with Gasteiger partial charge in [0.25, 0.3) is 0 Å². The Morgan fingerprint density at radius 2 is 2.22 bits per heavy atom. The van der Waals surface area contributed by atoms with Crippen molar-refractivity contribution in [3.05, 3.63) is 11.7 Å². The Morgan fingerprint density at radius 1 is 1.44 bits per heavy atom. The zero-order valence-electron chi connectivity index (χ0n) is 10.8. The number of hydrogen-bond acceptors (Lipinski definition) is 5. The van der Waals surface area contributed by atoms with Crippen LogP contribution >= 0.6 is 0 Å². The van der Waals surface area contributed by atoms with Gasteiger partial charge in [0.15, 0.2) is 5.82 Å². The van der Waals surface area contributed by atoms with E-state index in [2.05, 4.69) is 17.1 Å². The van der Waals surface area contributed by atoms with Crippen molar-refractivity contribution in [1.29, 1.82) is 0 Å². The van der Waals surface area contributed by atoms with E-state index >= 15 is 0 Å². The number of fused-ring (bicyclic) bond motifs is 1. The Labute approximate surface area is 107 Å². The molecule has 2 saturated carbocycles. The molecule has 2 fully saturated rings. The summed E-state index contributed by atoms with van der Waals surface area (Å²) in [6, 6.07) is -0.271. The van der Waals surface area contributed by atoms with Crippen molar-refractivity contribution in [3.63, 3.8) is 0 Å². The fourth-order valence-electron chi connectivity index (χ4n) is 3.15. The normalized spacial score (nSPS) is 31.3. The summed E-state index contributed by atoms with van der Waals surface area (Å²) in [6.45, 7) is 3.26. The highest BCUT2D eigenvalue weighted by atomic mass is 16.5. The number of hydrogen-bond donors (Lipinski definition) is 1. The van der Waals surface area contributed by atoms with Crippen molar-refractivity contribution >= 4 is 0 Å². The molecule has 3 atom stereocenters. The van der Waals surface area contributed by atoms with Gasteiger partial charge in [-0.3, -0.25) is 0 Å². The molecule has 18 heavy (non-hydrogen) atoms. The molecule has 0 amide bonds. The fraction of sp³-hybridized carbons (Fsp3) is 0.846. The van der Waals surface area contributed by atoms with Crippen molar-refractivity contribution < 1.29 is 9.26 Å². The minimum Gasteiger partial charge on any atom is -0.379 e. The Hall–Kier alpha value is -0.940. The van der Waals surface area contributed by atoms with Crippen LogP contribution in [0.4, 0.5) is 0 Å². The van der Waals surface area contributed by atoms with E-state index in [1.807, 2.05) is 0 Å². The van der Waals surface area contributed by atoms with Crippen LogP contribution in [-0.4, -0.2) is 23.4 Å². The highest BCUT2D eigenvalue weighted by Gasteiger charge is 2.56. The highest BCUT2D eigenvalue weighted by molar-refractivity contribution is 5.16. The predicted molar refractivity (Wildman–Crippen MR) is 65.9 cm³/mol. The number of rotatable bonds is 6. The maximum absolute atomic E-state index is 5.98. The largest absolute Gasteiger partial charge is 0.379 e. The summed E-state index contributed by atoms with van der Waals surface area (Å²) in [6.07, 6.45) is 4.99. The molecule has 0 spiro atoms. The van der Waals surface area contributed by atoms with Gasteiger partial charge in [-0.25, -0.2) is 0 Å². The number of nitrogens with zero attached hydrogens (tertiary/aromatic N) is 2. The SMILES string of the molecule is CCCOCC(N)c1noc(C2C3CCCC32)n1. The Kier molecular flexibility index (Phi) is 3.35. The number of ether oxygens (including phenoxy) is 1. The third kappa shape index (κ3) is 2.17. The smallest absolute Gasteiger partial charge is 0.230 e. The van der Waals surface area contributed by atoms with Gasteiger partial charge in [0, 0.05) is 12.5 Å². The standard InChI is InChI=1S/C13H21N3O2/c1-2-6-17-7-10(14)12-15-13(18-16-12)11-8-4-3-5-9(8)11/h8-11H,2-7,14H2,1H3. The first-order valence-electron chi connectivity index (χ1n) is 6.98. The first-order chi connectivity index (χ1) is 8.81. The second-order valence-corrected chi connectivity index (χ2v) is 5.46. The van der Waals surface area contributed by atoms with Crippen LogP contribution in [0.25, 0.3) is 0 Å². The molecule has 1 aromatic heterocycles. The van der Waals surface area contributed by atoms with Gasteiger partial charge in [0.05, 0.1) is 12.6 Å². The van der Waals surface area contributed by atoms with Crippen LogP contribution in [0.3, 0.4) is 0 Å². The summed E-state index contributed by atoms with van der Waals surface area (Å²) in [7, 11) is 0. The lowest BCUT2D eigenvalue weighted by molar-refractivity contribution is 0.119. The van der Waals surface area contributed by atoms with E-state index in [0.29, 0.717) is 18.3 Å². The van der Waals surface area contributed by atoms with E-state index in [1.54, 1.807) is 0 Å². The van der Waals surface area contributed by atoms with Gasteiger partial charge in [-0.2, -0.15) is 4.98 Å². The van der Waals surface area contributed by atoms with Gasteiger partial charge in [0.2, 0.25) is 5.89 Å². The monoisotopic (exact) mass is 251 g/mol. The maximum atomic E-state index is 5.98. The van der Waals surface area contributed by atoms with Crippen LogP contribution in [0, 0.1) is 11.8 Å². The molecule has 3 unspecified atom stereocenters. The van der Waals surface area contributed by atoms with Gasteiger partial charge in [-0.15, -0.1) is 0 Å². The second kappa shape index (κ2) is 4.97. The minimum atomic E-state index is -0.271. The van der Waals surface area contributed by atoms with E-state index in [1.165, 1.54) is 19.3 Å². The average Bonchev–Trinajstić information content (AvgIpc) is 2.80. The summed E-state index contributed by atoms with van der Waals surface area (Å²) in [5.74, 6) is 3.50. The zero-order chi connectivity index (χ0) is 12.5. The van der Waals surface area contributed by atoms with E-state index in [4.69, 9.17) is 15.0 Å². The van der Waals surface area contributed by atoms with Crippen molar-refractivity contribution in [1.82, 2.24) is 10.1 Å². The summed E-state index contributed by atoms with van der Waals surface area (Å²) < 4.78 is 10.8. The lowest BCUT2D eigenvalue weighted by atomic mass is 10.1. The Morgan fingerprint density at radius 3 is 2.94 bits per heavy atom. The number of nitrogens with two attached hydrogens (primary N) is 1. The first kappa shape index (κ1) is 12.1. The van der Waals surface area contributed by atoms with E-state index in [-0.39, 0.29) is 6.04 Å². The van der Waals surface area contributed by atoms with Crippen LogP contribution in [0.2, 0.25) is 0 Å². The molecule has 0 aromatic carbocycles. The van der Waals surface area contributed by atoms with Gasteiger partial charge in [-0.1, -0.05) is 18.5 Å². The molecule has 100 valence electrons. The van der Waals surface area contributed by atoms with Crippen LogP contribution in [0.15, 0.2) is 4.52 Å². The summed E-state index contributed by atoms with van der Waals surface area (Å²) in [4.78, 5) is 4.45. The van der Waals surface area contributed by atoms with Crippen LogP contribution in [0.5, 0.6) is 0 Å². The maximum Gasteiger partial charge on any atom is 0.230 e. The molecule has 0 aliphatic heterocycles. The molecule has 1 heterocycles. The molecule has 5 nitrogen and oxygen atoms in total.